The van der Waals surface area contributed by atoms with Crippen LogP contribution < -0.4 is 5.73 Å². The molecule has 3 N–H and O–H groups in total. The highest BCUT2D eigenvalue weighted by atomic mass is 16.6. The quantitative estimate of drug-likeness (QED) is 0.720. The van der Waals surface area contributed by atoms with Gasteiger partial charge in [0.2, 0.25) is 0 Å². The molecule has 5 heteroatoms. The molecule has 100 valence electrons. The van der Waals surface area contributed by atoms with Gasteiger partial charge in [-0.1, -0.05) is 0 Å². The van der Waals surface area contributed by atoms with E-state index in [-0.39, 0.29) is 24.7 Å². The van der Waals surface area contributed by atoms with Gasteiger partial charge in [-0.15, -0.1) is 0 Å². The Labute approximate surface area is 103 Å². The average Bonchev–Trinajstić information content (AvgIpc) is 2.37. The second kappa shape index (κ2) is 5.69. The Morgan fingerprint density at radius 2 is 2.00 bits per heavy atom. The van der Waals surface area contributed by atoms with Crippen LogP contribution in [0.4, 0.5) is 4.79 Å². The number of aliphatic hydroxyl groups is 1. The summed E-state index contributed by atoms with van der Waals surface area (Å²) in [5, 5.41) is 9.18. The second-order valence-electron chi connectivity index (χ2n) is 5.65. The van der Waals surface area contributed by atoms with Crippen molar-refractivity contribution in [3.05, 3.63) is 0 Å². The molecule has 0 aromatic rings. The number of carbonyl (C=O) groups is 1. The summed E-state index contributed by atoms with van der Waals surface area (Å²) in [5.41, 5.74) is 5.47. The number of hydrogen-bond acceptors (Lipinski definition) is 4. The third kappa shape index (κ3) is 4.52. The van der Waals surface area contributed by atoms with Crippen molar-refractivity contribution in [2.45, 2.75) is 45.3 Å². The van der Waals surface area contributed by atoms with Crippen molar-refractivity contribution in [3.63, 3.8) is 0 Å². The zero-order valence-electron chi connectivity index (χ0n) is 11.0. The van der Waals surface area contributed by atoms with E-state index in [1.165, 1.54) is 0 Å². The molecular formula is C12H24N2O3. The summed E-state index contributed by atoms with van der Waals surface area (Å²) in [5.74, 6) is 0.0856. The molecule has 0 aromatic carbocycles. The molecule has 0 radical (unpaired) electrons. The van der Waals surface area contributed by atoms with Crippen molar-refractivity contribution in [2.24, 2.45) is 11.7 Å². The molecule has 1 fully saturated rings. The molecule has 2 atom stereocenters. The molecule has 1 amide bonds. The van der Waals surface area contributed by atoms with E-state index in [4.69, 9.17) is 10.5 Å². The number of hydrogen-bond donors (Lipinski definition) is 2. The zero-order valence-corrected chi connectivity index (χ0v) is 11.0. The van der Waals surface area contributed by atoms with Gasteiger partial charge in [0.1, 0.15) is 5.60 Å². The molecule has 0 spiro atoms. The molecule has 0 aromatic heterocycles. The molecule has 1 heterocycles. The van der Waals surface area contributed by atoms with Crippen molar-refractivity contribution < 1.29 is 14.6 Å². The number of aliphatic hydroxyl groups excluding tert-OH is 1. The maximum absolute atomic E-state index is 11.9. The largest absolute Gasteiger partial charge is 0.444 e. The normalized spacial score (nSPS) is 26.5. The minimum Gasteiger partial charge on any atom is -0.444 e. The fourth-order valence-electron chi connectivity index (χ4n) is 1.92. The Balaban J connectivity index is 2.53. The molecule has 17 heavy (non-hydrogen) atoms. The van der Waals surface area contributed by atoms with Crippen LogP contribution >= 0.6 is 0 Å². The van der Waals surface area contributed by atoms with E-state index in [0.717, 1.165) is 6.42 Å². The predicted molar refractivity (Wildman–Crippen MR) is 65.6 cm³/mol. The Morgan fingerprint density at radius 3 is 2.53 bits per heavy atom. The highest BCUT2D eigenvalue weighted by Crippen LogP contribution is 2.18. The first-order valence-electron chi connectivity index (χ1n) is 6.18. The summed E-state index contributed by atoms with van der Waals surface area (Å²) < 4.78 is 5.32. The van der Waals surface area contributed by atoms with Gasteiger partial charge in [0, 0.05) is 25.7 Å². The van der Waals surface area contributed by atoms with Crippen LogP contribution in [0.25, 0.3) is 0 Å². The molecule has 1 aliphatic heterocycles. The molecule has 1 aliphatic rings. The van der Waals surface area contributed by atoms with Gasteiger partial charge in [-0.25, -0.2) is 4.79 Å². The van der Waals surface area contributed by atoms with Gasteiger partial charge >= 0.3 is 6.09 Å². The smallest absolute Gasteiger partial charge is 0.410 e. The van der Waals surface area contributed by atoms with Crippen molar-refractivity contribution in [1.82, 2.24) is 4.90 Å². The monoisotopic (exact) mass is 244 g/mol. The third-order valence-electron chi connectivity index (χ3n) is 2.99. The lowest BCUT2D eigenvalue weighted by atomic mass is 9.97. The molecule has 0 aliphatic carbocycles. The SMILES string of the molecule is CC(C)(C)OC(=O)N1CC[C@H](CO)[C@@H](N)CC1. The summed E-state index contributed by atoms with van der Waals surface area (Å²) >= 11 is 0. The van der Waals surface area contributed by atoms with Gasteiger partial charge in [0.25, 0.3) is 0 Å². The number of nitrogens with zero attached hydrogens (tertiary/aromatic N) is 1. The summed E-state index contributed by atoms with van der Waals surface area (Å²) in [6.45, 7) is 6.85. The lowest BCUT2D eigenvalue weighted by molar-refractivity contribution is 0.0253. The van der Waals surface area contributed by atoms with Gasteiger partial charge in [0.05, 0.1) is 0 Å². The topological polar surface area (TPSA) is 75.8 Å². The lowest BCUT2D eigenvalue weighted by Crippen LogP contribution is -2.37. The number of carbonyl (C=O) groups excluding carboxylic acids is 1. The van der Waals surface area contributed by atoms with E-state index in [1.54, 1.807) is 4.90 Å². The molecule has 0 unspecified atom stereocenters. The van der Waals surface area contributed by atoms with E-state index in [9.17, 15) is 9.90 Å². The van der Waals surface area contributed by atoms with Crippen molar-refractivity contribution in [1.29, 1.82) is 0 Å². The van der Waals surface area contributed by atoms with Crippen LogP contribution in [-0.4, -0.2) is 47.4 Å². The second-order valence-corrected chi connectivity index (χ2v) is 5.65. The van der Waals surface area contributed by atoms with Crippen LogP contribution in [0.3, 0.4) is 0 Å². The minimum atomic E-state index is -0.470. The highest BCUT2D eigenvalue weighted by Gasteiger charge is 2.28. The Bertz CT molecular complexity index is 263. The molecule has 1 rings (SSSR count). The van der Waals surface area contributed by atoms with Gasteiger partial charge < -0.3 is 20.5 Å². The van der Waals surface area contributed by atoms with Crippen LogP contribution in [0.5, 0.6) is 0 Å². The van der Waals surface area contributed by atoms with Gasteiger partial charge in [-0.05, 0) is 39.5 Å². The van der Waals surface area contributed by atoms with Crippen LogP contribution in [0.2, 0.25) is 0 Å². The van der Waals surface area contributed by atoms with Gasteiger partial charge in [0.15, 0.2) is 0 Å². The van der Waals surface area contributed by atoms with E-state index < -0.39 is 5.60 Å². The van der Waals surface area contributed by atoms with Crippen molar-refractivity contribution in [3.8, 4) is 0 Å². The number of amides is 1. The summed E-state index contributed by atoms with van der Waals surface area (Å²) in [6, 6.07) is -0.0348. The number of rotatable bonds is 1. The van der Waals surface area contributed by atoms with Crippen LogP contribution in [0, 0.1) is 5.92 Å². The summed E-state index contributed by atoms with van der Waals surface area (Å²) in [4.78, 5) is 13.5. The maximum Gasteiger partial charge on any atom is 0.410 e. The minimum absolute atomic E-state index is 0.0348. The third-order valence-corrected chi connectivity index (χ3v) is 2.99. The van der Waals surface area contributed by atoms with Crippen LogP contribution in [0.15, 0.2) is 0 Å². The van der Waals surface area contributed by atoms with E-state index >= 15 is 0 Å². The summed E-state index contributed by atoms with van der Waals surface area (Å²) in [6.07, 6.45) is 1.16. The predicted octanol–water partition coefficient (Wildman–Crippen LogP) is 0.953. The van der Waals surface area contributed by atoms with E-state index in [1.807, 2.05) is 20.8 Å². The Kier molecular flexibility index (Phi) is 4.77. The number of ether oxygens (including phenoxy) is 1. The zero-order chi connectivity index (χ0) is 13.1. The molecule has 0 bridgehead atoms. The Hall–Kier alpha value is -0.810. The van der Waals surface area contributed by atoms with Gasteiger partial charge in [-0.3, -0.25) is 0 Å². The van der Waals surface area contributed by atoms with Crippen LogP contribution in [0.1, 0.15) is 33.6 Å². The molecular weight excluding hydrogens is 220 g/mol. The number of nitrogens with two attached hydrogens (primary N) is 1. The fourth-order valence-corrected chi connectivity index (χ4v) is 1.92. The highest BCUT2D eigenvalue weighted by molar-refractivity contribution is 5.68. The van der Waals surface area contributed by atoms with E-state index in [0.29, 0.717) is 19.5 Å². The van der Waals surface area contributed by atoms with Crippen molar-refractivity contribution >= 4 is 6.09 Å². The first kappa shape index (κ1) is 14.3. The van der Waals surface area contributed by atoms with Gasteiger partial charge in [-0.2, -0.15) is 0 Å². The summed E-state index contributed by atoms with van der Waals surface area (Å²) in [7, 11) is 0. The molecule has 1 saturated heterocycles. The lowest BCUT2D eigenvalue weighted by Gasteiger charge is -2.26. The first-order valence-corrected chi connectivity index (χ1v) is 6.18. The average molecular weight is 244 g/mol. The Morgan fingerprint density at radius 1 is 1.41 bits per heavy atom. The fraction of sp³-hybridized carbons (Fsp3) is 0.917. The first-order chi connectivity index (χ1) is 7.83. The van der Waals surface area contributed by atoms with Crippen LogP contribution in [-0.2, 0) is 4.74 Å². The number of likely N-dealkylation sites (tertiary alicyclic amines) is 1. The van der Waals surface area contributed by atoms with E-state index in [2.05, 4.69) is 0 Å². The molecule has 0 saturated carbocycles. The van der Waals surface area contributed by atoms with Crippen molar-refractivity contribution in [2.75, 3.05) is 19.7 Å². The maximum atomic E-state index is 11.9. The standard InChI is InChI=1S/C12H24N2O3/c1-12(2,3)17-11(16)14-6-4-9(8-15)10(13)5-7-14/h9-10,15H,4-8,13H2,1-3H3/t9-,10+/m1/s1. The molecule has 5 nitrogen and oxygen atoms in total.